The number of carbonyl (C=O) groups excluding carboxylic acids is 1. The molecule has 0 bridgehead atoms. The van der Waals surface area contributed by atoms with E-state index in [1.54, 1.807) is 50.3 Å². The van der Waals surface area contributed by atoms with Crippen molar-refractivity contribution in [3.05, 3.63) is 57.8 Å². The summed E-state index contributed by atoms with van der Waals surface area (Å²) < 4.78 is 44.9. The Morgan fingerprint density at radius 1 is 1.41 bits per heavy atom. The van der Waals surface area contributed by atoms with Crippen LogP contribution in [0.5, 0.6) is 0 Å². The van der Waals surface area contributed by atoms with Crippen LogP contribution in [0.1, 0.15) is 27.2 Å². The molecule has 1 fully saturated rings. The van der Waals surface area contributed by atoms with Crippen LogP contribution in [0.15, 0.2) is 62.0 Å². The van der Waals surface area contributed by atoms with Crippen molar-refractivity contribution >= 4 is 50.5 Å². The average Bonchev–Trinajstić information content (AvgIpc) is 3.21. The summed E-state index contributed by atoms with van der Waals surface area (Å²) in [5, 5.41) is 13.3. The Bertz CT molecular complexity index is 1080. The quantitative estimate of drug-likeness (QED) is 0.236. The molecule has 2 aliphatic rings. The van der Waals surface area contributed by atoms with Gasteiger partial charge in [0.25, 0.3) is 5.92 Å². The minimum absolute atomic E-state index is 0.122. The van der Waals surface area contributed by atoms with Crippen LogP contribution in [-0.4, -0.2) is 78.6 Å². The lowest BCUT2D eigenvalue weighted by atomic mass is 10.1. The first-order chi connectivity index (χ1) is 18.3. The summed E-state index contributed by atoms with van der Waals surface area (Å²) in [7, 11) is 1.63. The zero-order valence-electron chi connectivity index (χ0n) is 22.3. The van der Waals surface area contributed by atoms with E-state index < -0.39 is 17.9 Å². The van der Waals surface area contributed by atoms with Crippen molar-refractivity contribution in [2.24, 2.45) is 15.9 Å². The molecule has 0 radical (unpaired) electrons. The number of alkyl halides is 2. The number of hydrogen-bond donors (Lipinski definition) is 2. The van der Waals surface area contributed by atoms with Crippen molar-refractivity contribution in [3.8, 4) is 0 Å². The van der Waals surface area contributed by atoms with Crippen LogP contribution in [0, 0.1) is 11.7 Å². The van der Waals surface area contributed by atoms with Crippen molar-refractivity contribution in [1.29, 1.82) is 0 Å². The number of ether oxygens (including phenoxy) is 1. The van der Waals surface area contributed by atoms with E-state index in [0.717, 1.165) is 4.47 Å². The van der Waals surface area contributed by atoms with Crippen molar-refractivity contribution < 1.29 is 32.6 Å². The molecule has 2 N–H and O–H groups in total. The summed E-state index contributed by atoms with van der Waals surface area (Å²) in [4.78, 5) is 32.0. The van der Waals surface area contributed by atoms with Gasteiger partial charge in [-0.2, -0.15) is 0 Å². The standard InChI is InChI=1S/C16H22F2N4O2S.C6H4BrF.C4H8O2/c1-4-24-15(23)11-8-20-13(14(19-3)25-5-2)21-12(11)9-22-7-6-16(17,18)10-22;7-5-2-1-3-6(8)4-5;1-3(2)4(5)6/h5H,2,4,6-10H2,1,3H3,(H,20,21);1-4H;3H,1-2H3,(H,5,6). The van der Waals surface area contributed by atoms with E-state index >= 15 is 0 Å². The van der Waals surface area contributed by atoms with Crippen molar-refractivity contribution in [1.82, 2.24) is 10.2 Å². The molecule has 1 aromatic rings. The van der Waals surface area contributed by atoms with Gasteiger partial charge in [-0.05, 0) is 30.5 Å². The van der Waals surface area contributed by atoms with E-state index in [1.165, 1.54) is 23.9 Å². The van der Waals surface area contributed by atoms with E-state index in [-0.39, 0.29) is 50.9 Å². The number of aliphatic imine (C=N–C) groups is 2. The van der Waals surface area contributed by atoms with Gasteiger partial charge in [0.1, 0.15) is 10.9 Å². The number of thioether (sulfide) groups is 1. The first-order valence-electron chi connectivity index (χ1n) is 12.0. The SMILES string of the molecule is C=CSC(=NC)C1=NCC(C(=O)OCC)=C(CN2CCC(F)(F)C2)N1.CC(C)C(=O)O.Fc1cccc(Br)c1. The van der Waals surface area contributed by atoms with Crippen LogP contribution in [0.4, 0.5) is 13.2 Å². The van der Waals surface area contributed by atoms with Crippen LogP contribution < -0.4 is 5.32 Å². The van der Waals surface area contributed by atoms with Gasteiger partial charge < -0.3 is 15.2 Å². The van der Waals surface area contributed by atoms with Crippen molar-refractivity contribution in [3.63, 3.8) is 0 Å². The van der Waals surface area contributed by atoms with Gasteiger partial charge in [-0.25, -0.2) is 18.0 Å². The Kier molecular flexibility index (Phi) is 15.1. The molecule has 3 rings (SSSR count). The molecule has 13 heteroatoms. The highest BCUT2D eigenvalue weighted by Crippen LogP contribution is 2.27. The molecule has 2 heterocycles. The number of benzene rings is 1. The van der Waals surface area contributed by atoms with Crippen LogP contribution in [0.2, 0.25) is 0 Å². The molecule has 0 aromatic heterocycles. The number of nitrogens with one attached hydrogen (secondary N) is 1. The molecule has 1 aromatic carbocycles. The van der Waals surface area contributed by atoms with Gasteiger partial charge in [0.2, 0.25) is 0 Å². The number of carboxylic acid groups (broad SMARTS) is 1. The molecule has 0 saturated carbocycles. The number of carbonyl (C=O) groups is 2. The molecule has 2 aliphatic heterocycles. The maximum absolute atomic E-state index is 13.5. The van der Waals surface area contributed by atoms with Gasteiger partial charge in [0.15, 0.2) is 5.84 Å². The Labute approximate surface area is 239 Å². The summed E-state index contributed by atoms with van der Waals surface area (Å²) in [5.74, 6) is -3.85. The summed E-state index contributed by atoms with van der Waals surface area (Å²) in [6.45, 7) is 9.17. The molecule has 0 amide bonds. The highest BCUT2D eigenvalue weighted by atomic mass is 79.9. The summed E-state index contributed by atoms with van der Waals surface area (Å²) in [6, 6.07) is 6.26. The molecule has 0 atom stereocenters. The number of esters is 1. The minimum Gasteiger partial charge on any atom is -0.481 e. The molecular weight excluding hydrogens is 601 g/mol. The fourth-order valence-electron chi connectivity index (χ4n) is 3.09. The minimum atomic E-state index is -2.69. The predicted octanol–water partition coefficient (Wildman–Crippen LogP) is 5.37. The molecular formula is C26H34BrF3N4O4S. The second kappa shape index (κ2) is 17.1. The average molecular weight is 636 g/mol. The number of amidine groups is 1. The van der Waals surface area contributed by atoms with Gasteiger partial charge >= 0.3 is 11.9 Å². The summed E-state index contributed by atoms with van der Waals surface area (Å²) in [6.07, 6.45) is -0.177. The maximum atomic E-state index is 13.5. The van der Waals surface area contributed by atoms with Gasteiger partial charge in [-0.3, -0.25) is 19.7 Å². The Hall–Kier alpha value is -2.64. The number of hydrogen-bond acceptors (Lipinski definition) is 8. The number of rotatable bonds is 7. The van der Waals surface area contributed by atoms with E-state index in [9.17, 15) is 22.8 Å². The number of aliphatic carboxylic acids is 1. The number of likely N-dealkylation sites (tertiary alicyclic amines) is 1. The van der Waals surface area contributed by atoms with E-state index in [4.69, 9.17) is 9.84 Å². The smallest absolute Gasteiger partial charge is 0.337 e. The molecule has 0 aliphatic carbocycles. The molecule has 0 unspecified atom stereocenters. The fraction of sp³-hybridized carbons (Fsp3) is 0.462. The van der Waals surface area contributed by atoms with Gasteiger partial charge in [-0.15, -0.1) is 0 Å². The molecule has 8 nitrogen and oxygen atoms in total. The van der Waals surface area contributed by atoms with Crippen LogP contribution in [0.3, 0.4) is 0 Å². The molecule has 39 heavy (non-hydrogen) atoms. The van der Waals surface area contributed by atoms with Crippen LogP contribution in [0.25, 0.3) is 0 Å². The largest absolute Gasteiger partial charge is 0.481 e. The third-order valence-corrected chi connectivity index (χ3v) is 6.32. The van der Waals surface area contributed by atoms with E-state index in [1.807, 2.05) is 0 Å². The van der Waals surface area contributed by atoms with Crippen LogP contribution in [-0.2, 0) is 14.3 Å². The lowest BCUT2D eigenvalue weighted by molar-refractivity contribution is -0.140. The van der Waals surface area contributed by atoms with E-state index in [0.29, 0.717) is 22.1 Å². The monoisotopic (exact) mass is 634 g/mol. The van der Waals surface area contributed by atoms with Gasteiger partial charge in [0, 0.05) is 36.7 Å². The third-order valence-electron chi connectivity index (χ3n) is 5.06. The Balaban J connectivity index is 0.000000442. The fourth-order valence-corrected chi connectivity index (χ4v) is 3.95. The first-order valence-corrected chi connectivity index (χ1v) is 13.7. The van der Waals surface area contributed by atoms with Gasteiger partial charge in [-0.1, -0.05) is 54.2 Å². The third kappa shape index (κ3) is 12.8. The Morgan fingerprint density at radius 3 is 2.51 bits per heavy atom. The topological polar surface area (TPSA) is 104 Å². The highest BCUT2D eigenvalue weighted by Gasteiger charge is 2.39. The number of carboxylic acids is 1. The van der Waals surface area contributed by atoms with Crippen molar-refractivity contribution in [2.45, 2.75) is 33.1 Å². The second-order valence-corrected chi connectivity index (χ2v) is 10.4. The highest BCUT2D eigenvalue weighted by molar-refractivity contribution is 9.10. The van der Waals surface area contributed by atoms with Gasteiger partial charge in [0.05, 0.1) is 31.2 Å². The summed E-state index contributed by atoms with van der Waals surface area (Å²) >= 11 is 4.42. The zero-order chi connectivity index (χ0) is 29.6. The first kappa shape index (κ1) is 34.4. The number of nitrogens with zero attached hydrogens (tertiary/aromatic N) is 3. The normalized spacial score (nSPS) is 16.7. The predicted molar refractivity (Wildman–Crippen MR) is 153 cm³/mol. The Morgan fingerprint density at radius 2 is 2.08 bits per heavy atom. The van der Waals surface area contributed by atoms with Crippen molar-refractivity contribution in [2.75, 3.05) is 39.8 Å². The molecule has 216 valence electrons. The molecule has 1 saturated heterocycles. The van der Waals surface area contributed by atoms with E-state index in [2.05, 4.69) is 37.8 Å². The number of halogens is 4. The van der Waals surface area contributed by atoms with Crippen LogP contribution >= 0.6 is 27.7 Å². The second-order valence-electron chi connectivity index (χ2n) is 8.53. The molecule has 0 spiro atoms. The maximum Gasteiger partial charge on any atom is 0.337 e. The lowest BCUT2D eigenvalue weighted by Crippen LogP contribution is -2.40. The lowest BCUT2D eigenvalue weighted by Gasteiger charge is -2.25. The zero-order valence-corrected chi connectivity index (χ0v) is 24.8. The summed E-state index contributed by atoms with van der Waals surface area (Å²) in [5.41, 5.74) is 0.895.